The zero-order valence-corrected chi connectivity index (χ0v) is 9.65. The van der Waals surface area contributed by atoms with Crippen LogP contribution in [0.3, 0.4) is 0 Å². The van der Waals surface area contributed by atoms with Crippen LogP contribution in [0, 0.1) is 0 Å². The first-order valence-electron chi connectivity index (χ1n) is 5.62. The Morgan fingerprint density at radius 3 is 2.94 bits per heavy atom. The molecule has 1 aromatic rings. The fourth-order valence-electron chi connectivity index (χ4n) is 1.50. The second kappa shape index (κ2) is 6.23. The van der Waals surface area contributed by atoms with Crippen molar-refractivity contribution in [3.05, 3.63) is 23.9 Å². The maximum Gasteiger partial charge on any atom is 0.154 e. The number of pyridine rings is 1. The minimum Gasteiger partial charge on any atom is -0.383 e. The molecule has 0 aliphatic carbocycles. The number of carbonyl (C=O) groups is 1. The number of unbranched alkanes of at least 4 members (excludes halogenated alkanes) is 1. The molecule has 0 aliphatic rings. The number of aromatic nitrogens is 1. The summed E-state index contributed by atoms with van der Waals surface area (Å²) in [6.07, 6.45) is 4.67. The Balaban J connectivity index is 2.54. The van der Waals surface area contributed by atoms with E-state index >= 15 is 0 Å². The third-order valence-corrected chi connectivity index (χ3v) is 2.57. The van der Waals surface area contributed by atoms with Gasteiger partial charge in [0.15, 0.2) is 5.78 Å². The molecule has 88 valence electrons. The summed E-state index contributed by atoms with van der Waals surface area (Å²) < 4.78 is 0. The first-order chi connectivity index (χ1) is 7.65. The molecule has 0 aromatic carbocycles. The van der Waals surface area contributed by atoms with E-state index in [1.54, 1.807) is 12.3 Å². The highest BCUT2D eigenvalue weighted by Gasteiger charge is 2.14. The van der Waals surface area contributed by atoms with Gasteiger partial charge < -0.3 is 11.5 Å². The molecule has 0 radical (unpaired) electrons. The number of hydrogen-bond donors (Lipinski definition) is 2. The molecule has 0 aliphatic heterocycles. The lowest BCUT2D eigenvalue weighted by Gasteiger charge is -2.10. The second-order valence-corrected chi connectivity index (χ2v) is 3.94. The lowest BCUT2D eigenvalue weighted by atomic mass is 10.0. The number of nitrogen functional groups attached to an aromatic ring is 1. The Labute approximate surface area is 96.0 Å². The van der Waals surface area contributed by atoms with Gasteiger partial charge in [0, 0.05) is 18.2 Å². The van der Waals surface area contributed by atoms with Crippen molar-refractivity contribution in [2.24, 2.45) is 5.73 Å². The monoisotopic (exact) mass is 221 g/mol. The maximum atomic E-state index is 11.8. The van der Waals surface area contributed by atoms with E-state index in [9.17, 15) is 4.79 Å². The lowest BCUT2D eigenvalue weighted by molar-refractivity contribution is -0.119. The summed E-state index contributed by atoms with van der Waals surface area (Å²) in [6, 6.07) is 3.21. The molecule has 4 heteroatoms. The van der Waals surface area contributed by atoms with Crippen molar-refractivity contribution in [3.63, 3.8) is 0 Å². The van der Waals surface area contributed by atoms with E-state index in [4.69, 9.17) is 11.5 Å². The summed E-state index contributed by atoms with van der Waals surface area (Å²) in [7, 11) is 0. The van der Waals surface area contributed by atoms with E-state index in [2.05, 4.69) is 11.9 Å². The summed E-state index contributed by atoms with van der Waals surface area (Å²) in [5, 5.41) is 0. The number of ketones is 1. The lowest BCUT2D eigenvalue weighted by Crippen LogP contribution is -2.31. The maximum absolute atomic E-state index is 11.8. The van der Waals surface area contributed by atoms with Gasteiger partial charge in [-0.05, 0) is 12.5 Å². The molecule has 0 saturated heterocycles. The number of rotatable bonds is 6. The predicted octanol–water partition coefficient (Wildman–Crippen LogP) is 1.29. The first kappa shape index (κ1) is 12.6. The molecule has 0 amide bonds. The molecule has 16 heavy (non-hydrogen) atoms. The molecule has 0 bridgehead atoms. The quantitative estimate of drug-likeness (QED) is 0.758. The third kappa shape index (κ3) is 3.62. The smallest absolute Gasteiger partial charge is 0.154 e. The largest absolute Gasteiger partial charge is 0.383 e. The van der Waals surface area contributed by atoms with Crippen LogP contribution in [-0.4, -0.2) is 16.8 Å². The highest BCUT2D eigenvalue weighted by Crippen LogP contribution is 2.10. The van der Waals surface area contributed by atoms with E-state index in [0.29, 0.717) is 5.82 Å². The van der Waals surface area contributed by atoms with Gasteiger partial charge in [-0.25, -0.2) is 4.98 Å². The molecule has 1 rings (SSSR count). The van der Waals surface area contributed by atoms with Crippen LogP contribution in [-0.2, 0) is 11.2 Å². The molecule has 1 unspecified atom stereocenters. The Bertz CT molecular complexity index is 352. The van der Waals surface area contributed by atoms with Crippen molar-refractivity contribution in [2.45, 2.75) is 38.6 Å². The average Bonchev–Trinajstić information content (AvgIpc) is 2.28. The summed E-state index contributed by atoms with van der Waals surface area (Å²) in [6.45, 7) is 2.08. The van der Waals surface area contributed by atoms with Crippen molar-refractivity contribution >= 4 is 11.6 Å². The van der Waals surface area contributed by atoms with Crippen molar-refractivity contribution in [3.8, 4) is 0 Å². The van der Waals surface area contributed by atoms with Gasteiger partial charge in [0.25, 0.3) is 0 Å². The van der Waals surface area contributed by atoms with Gasteiger partial charge in [0.1, 0.15) is 5.82 Å². The number of hydrogen-bond acceptors (Lipinski definition) is 4. The van der Waals surface area contributed by atoms with Gasteiger partial charge in [-0.2, -0.15) is 0 Å². The molecule has 0 spiro atoms. The molecule has 4 nitrogen and oxygen atoms in total. The number of Topliss-reactive ketones (excluding diaryl/α,β-unsaturated/α-hetero) is 1. The van der Waals surface area contributed by atoms with Crippen LogP contribution in [0.2, 0.25) is 0 Å². The molecular formula is C12H19N3O. The van der Waals surface area contributed by atoms with Gasteiger partial charge in [0.2, 0.25) is 0 Å². The van der Waals surface area contributed by atoms with Crippen LogP contribution in [0.15, 0.2) is 18.3 Å². The number of nitrogens with two attached hydrogens (primary N) is 2. The zero-order chi connectivity index (χ0) is 12.0. The summed E-state index contributed by atoms with van der Waals surface area (Å²) in [5.74, 6) is 0.451. The zero-order valence-electron chi connectivity index (χ0n) is 9.65. The van der Waals surface area contributed by atoms with Gasteiger partial charge in [-0.1, -0.05) is 25.8 Å². The Kier molecular flexibility index (Phi) is 4.92. The number of carbonyl (C=O) groups excluding carboxylic acids is 1. The SMILES string of the molecule is CCCCC(N)C(=O)Cc1cccnc1N. The van der Waals surface area contributed by atoms with E-state index in [1.807, 2.05) is 6.07 Å². The Morgan fingerprint density at radius 1 is 1.56 bits per heavy atom. The van der Waals surface area contributed by atoms with Crippen molar-refractivity contribution < 1.29 is 4.79 Å². The summed E-state index contributed by atoms with van der Waals surface area (Å²) in [4.78, 5) is 15.7. The molecule has 1 aromatic heterocycles. The third-order valence-electron chi connectivity index (χ3n) is 2.57. The summed E-state index contributed by atoms with van der Waals surface area (Å²) in [5.41, 5.74) is 12.2. The van der Waals surface area contributed by atoms with Crippen molar-refractivity contribution in [2.75, 3.05) is 5.73 Å². The van der Waals surface area contributed by atoms with Crippen LogP contribution >= 0.6 is 0 Å². The molecule has 0 saturated carbocycles. The Hall–Kier alpha value is -1.42. The van der Waals surface area contributed by atoms with Crippen molar-refractivity contribution in [1.29, 1.82) is 0 Å². The van der Waals surface area contributed by atoms with Gasteiger partial charge >= 0.3 is 0 Å². The molecule has 1 atom stereocenters. The highest BCUT2D eigenvalue weighted by molar-refractivity contribution is 5.86. The fraction of sp³-hybridized carbons (Fsp3) is 0.500. The van der Waals surface area contributed by atoms with E-state index in [-0.39, 0.29) is 18.2 Å². The summed E-state index contributed by atoms with van der Waals surface area (Å²) >= 11 is 0. The average molecular weight is 221 g/mol. The van der Waals surface area contributed by atoms with Gasteiger partial charge in [-0.3, -0.25) is 4.79 Å². The first-order valence-corrected chi connectivity index (χ1v) is 5.62. The van der Waals surface area contributed by atoms with E-state index in [1.165, 1.54) is 0 Å². The van der Waals surface area contributed by atoms with Crippen LogP contribution in [0.1, 0.15) is 31.7 Å². The van der Waals surface area contributed by atoms with E-state index in [0.717, 1.165) is 24.8 Å². The highest BCUT2D eigenvalue weighted by atomic mass is 16.1. The molecular weight excluding hydrogens is 202 g/mol. The van der Waals surface area contributed by atoms with Gasteiger partial charge in [0.05, 0.1) is 6.04 Å². The standard InChI is InChI=1S/C12H19N3O/c1-2-3-6-10(13)11(16)8-9-5-4-7-15-12(9)14/h4-5,7,10H,2-3,6,8,13H2,1H3,(H2,14,15). The normalized spacial score (nSPS) is 12.4. The molecule has 1 heterocycles. The van der Waals surface area contributed by atoms with Gasteiger partial charge in [-0.15, -0.1) is 0 Å². The second-order valence-electron chi connectivity index (χ2n) is 3.94. The molecule has 0 fully saturated rings. The van der Waals surface area contributed by atoms with E-state index < -0.39 is 0 Å². The topological polar surface area (TPSA) is 82.0 Å². The number of anilines is 1. The van der Waals surface area contributed by atoms with Crippen LogP contribution in [0.4, 0.5) is 5.82 Å². The fourth-order valence-corrected chi connectivity index (χ4v) is 1.50. The number of nitrogens with zero attached hydrogens (tertiary/aromatic N) is 1. The minimum atomic E-state index is -0.375. The van der Waals surface area contributed by atoms with Crippen LogP contribution < -0.4 is 11.5 Å². The van der Waals surface area contributed by atoms with Crippen LogP contribution in [0.25, 0.3) is 0 Å². The Morgan fingerprint density at radius 2 is 2.31 bits per heavy atom. The predicted molar refractivity (Wildman–Crippen MR) is 64.9 cm³/mol. The minimum absolute atomic E-state index is 0.0353. The van der Waals surface area contributed by atoms with Crippen molar-refractivity contribution in [1.82, 2.24) is 4.98 Å². The van der Waals surface area contributed by atoms with Crippen LogP contribution in [0.5, 0.6) is 0 Å². The molecule has 4 N–H and O–H groups in total.